The molecular formula is C21H43IMgO2. The summed E-state index contributed by atoms with van der Waals surface area (Å²) in [6, 6.07) is 0. The van der Waals surface area contributed by atoms with Crippen molar-refractivity contribution < 1.29 is 33.5 Å². The summed E-state index contributed by atoms with van der Waals surface area (Å²) >= 11 is 0. The van der Waals surface area contributed by atoms with Gasteiger partial charge in [-0.25, -0.2) is 0 Å². The van der Waals surface area contributed by atoms with Crippen LogP contribution in [0, 0.1) is 18.3 Å². The van der Waals surface area contributed by atoms with E-state index in [-0.39, 0.29) is 47.0 Å². The quantitative estimate of drug-likeness (QED) is 0.0988. The second kappa shape index (κ2) is 25.4. The monoisotopic (exact) mass is 478 g/mol. The Bertz CT molecular complexity index is 230. The van der Waals surface area contributed by atoms with Crippen molar-refractivity contribution in [3.05, 3.63) is 6.42 Å². The Balaban J connectivity index is -0.00000242. The molecule has 0 aliphatic heterocycles. The van der Waals surface area contributed by atoms with Crippen molar-refractivity contribution in [1.82, 2.24) is 0 Å². The van der Waals surface area contributed by atoms with Gasteiger partial charge in [-0.3, -0.25) is 0 Å². The van der Waals surface area contributed by atoms with Gasteiger partial charge in [0.05, 0.1) is 0 Å². The molecule has 0 radical (unpaired) electrons. The molecule has 0 bridgehead atoms. The molecule has 25 heavy (non-hydrogen) atoms. The summed E-state index contributed by atoms with van der Waals surface area (Å²) in [5, 5.41) is 0. The first-order valence-corrected chi connectivity index (χ1v) is 10.1. The van der Waals surface area contributed by atoms with Crippen molar-refractivity contribution in [2.24, 2.45) is 11.8 Å². The average Bonchev–Trinajstić information content (AvgIpc) is 2.52. The zero-order chi connectivity index (χ0) is 17.2. The second-order valence-electron chi connectivity index (χ2n) is 7.29. The third-order valence-electron chi connectivity index (χ3n) is 4.49. The molecule has 2 unspecified atom stereocenters. The van der Waals surface area contributed by atoms with E-state index >= 15 is 0 Å². The Morgan fingerprint density at radius 1 is 0.800 bits per heavy atom. The van der Waals surface area contributed by atoms with Crippen LogP contribution in [0.15, 0.2) is 0 Å². The number of hydrogen-bond acceptors (Lipinski definition) is 2. The number of rotatable bonds is 18. The van der Waals surface area contributed by atoms with Gasteiger partial charge < -0.3 is 39.9 Å². The van der Waals surface area contributed by atoms with E-state index in [1.54, 1.807) is 0 Å². The van der Waals surface area contributed by atoms with Crippen molar-refractivity contribution in [2.45, 2.75) is 98.3 Å². The summed E-state index contributed by atoms with van der Waals surface area (Å²) in [6.45, 7) is 11.3. The molecule has 0 N–H and O–H groups in total. The molecule has 0 saturated carbocycles. The van der Waals surface area contributed by atoms with Crippen molar-refractivity contribution >= 4 is 23.1 Å². The minimum absolute atomic E-state index is 0. The SMILES string of the molecule is C[CH-]CC(C)CC(C)CCCOCOCCCCCCCCC.[I-].[Mg+2]. The van der Waals surface area contributed by atoms with Gasteiger partial charge in [-0.2, -0.15) is 13.3 Å². The molecule has 0 aromatic rings. The molecule has 0 aliphatic carbocycles. The molecule has 0 amide bonds. The van der Waals surface area contributed by atoms with E-state index in [1.807, 2.05) is 0 Å². The minimum Gasteiger partial charge on any atom is -1.00 e. The molecule has 0 rings (SSSR count). The van der Waals surface area contributed by atoms with Gasteiger partial charge >= 0.3 is 23.1 Å². The molecule has 0 aromatic carbocycles. The standard InChI is InChI=1S/C21H43O2.HI.Mg/c1-5-7-8-9-10-11-12-16-22-19-23-17-13-15-21(4)18-20(3)14-6-2;;/h6,20-21H,5,7-19H2,1-4H3;1H;/q-1;;+2/p-1. The van der Waals surface area contributed by atoms with E-state index in [0.29, 0.717) is 6.79 Å². The number of hydrogen-bond donors (Lipinski definition) is 0. The number of ether oxygens (including phenoxy) is 2. The van der Waals surface area contributed by atoms with Crippen LogP contribution in [0.25, 0.3) is 0 Å². The predicted octanol–water partition coefficient (Wildman–Crippen LogP) is 3.41. The fourth-order valence-corrected chi connectivity index (χ4v) is 3.18. The van der Waals surface area contributed by atoms with Crippen LogP contribution in [0.1, 0.15) is 98.3 Å². The summed E-state index contributed by atoms with van der Waals surface area (Å²) in [6.07, 6.45) is 16.6. The third kappa shape index (κ3) is 25.4. The van der Waals surface area contributed by atoms with Gasteiger partial charge in [-0.05, 0) is 25.2 Å². The van der Waals surface area contributed by atoms with E-state index in [4.69, 9.17) is 9.47 Å². The van der Waals surface area contributed by atoms with Crippen LogP contribution in [0.5, 0.6) is 0 Å². The fourth-order valence-electron chi connectivity index (χ4n) is 3.18. The van der Waals surface area contributed by atoms with Gasteiger partial charge in [0.1, 0.15) is 6.79 Å². The molecule has 148 valence electrons. The third-order valence-corrected chi connectivity index (χ3v) is 4.49. The van der Waals surface area contributed by atoms with E-state index in [1.165, 1.54) is 64.2 Å². The van der Waals surface area contributed by atoms with Crippen molar-refractivity contribution in [1.29, 1.82) is 0 Å². The van der Waals surface area contributed by atoms with Gasteiger partial charge in [0.25, 0.3) is 0 Å². The van der Waals surface area contributed by atoms with Gasteiger partial charge in [0, 0.05) is 13.2 Å². The van der Waals surface area contributed by atoms with Crippen LogP contribution in [-0.4, -0.2) is 43.1 Å². The summed E-state index contributed by atoms with van der Waals surface area (Å²) in [5.74, 6) is 1.63. The minimum atomic E-state index is 0. The second-order valence-corrected chi connectivity index (χ2v) is 7.29. The van der Waals surface area contributed by atoms with E-state index in [9.17, 15) is 0 Å². The van der Waals surface area contributed by atoms with Crippen LogP contribution in [-0.2, 0) is 9.47 Å². The van der Waals surface area contributed by atoms with E-state index in [0.717, 1.165) is 31.5 Å². The normalized spacial score (nSPS) is 13.0. The largest absolute Gasteiger partial charge is 2.00 e. The Morgan fingerprint density at radius 3 is 1.96 bits per heavy atom. The summed E-state index contributed by atoms with van der Waals surface area (Å²) in [5.41, 5.74) is 0. The van der Waals surface area contributed by atoms with Gasteiger partial charge in [0.15, 0.2) is 0 Å². The summed E-state index contributed by atoms with van der Waals surface area (Å²) in [4.78, 5) is 0. The molecule has 2 atom stereocenters. The summed E-state index contributed by atoms with van der Waals surface area (Å²) < 4.78 is 11.1. The Morgan fingerprint density at radius 2 is 1.36 bits per heavy atom. The summed E-state index contributed by atoms with van der Waals surface area (Å²) in [7, 11) is 0. The maximum absolute atomic E-state index is 5.57. The van der Waals surface area contributed by atoms with Crippen LogP contribution in [0.3, 0.4) is 0 Å². The van der Waals surface area contributed by atoms with Crippen molar-refractivity contribution in [2.75, 3.05) is 20.0 Å². The molecule has 0 aliphatic rings. The first-order valence-electron chi connectivity index (χ1n) is 10.1. The Kier molecular flexibility index (Phi) is 31.6. The van der Waals surface area contributed by atoms with Crippen molar-refractivity contribution in [3.8, 4) is 0 Å². The van der Waals surface area contributed by atoms with Gasteiger partial charge in [0.2, 0.25) is 0 Å². The van der Waals surface area contributed by atoms with Crippen LogP contribution >= 0.6 is 0 Å². The predicted molar refractivity (Wildman–Crippen MR) is 107 cm³/mol. The smallest absolute Gasteiger partial charge is 1.00 e. The molecule has 0 heterocycles. The molecular weight excluding hydrogens is 435 g/mol. The van der Waals surface area contributed by atoms with Crippen LogP contribution in [0.4, 0.5) is 0 Å². The maximum Gasteiger partial charge on any atom is 2.00 e. The van der Waals surface area contributed by atoms with Crippen LogP contribution < -0.4 is 24.0 Å². The Labute approximate surface area is 192 Å². The van der Waals surface area contributed by atoms with Gasteiger partial charge in [-0.1, -0.05) is 71.6 Å². The first-order chi connectivity index (χ1) is 11.2. The number of halogens is 1. The Hall–Kier alpha value is 1.42. The maximum atomic E-state index is 5.57. The first kappa shape index (κ1) is 31.1. The zero-order valence-electron chi connectivity index (χ0n) is 17.5. The molecule has 4 heteroatoms. The van der Waals surface area contributed by atoms with Gasteiger partial charge in [-0.15, -0.1) is 0 Å². The van der Waals surface area contributed by atoms with Crippen molar-refractivity contribution in [3.63, 3.8) is 0 Å². The fraction of sp³-hybridized carbons (Fsp3) is 0.952. The van der Waals surface area contributed by atoms with E-state index < -0.39 is 0 Å². The topological polar surface area (TPSA) is 18.5 Å². The molecule has 0 spiro atoms. The molecule has 0 aromatic heterocycles. The zero-order valence-corrected chi connectivity index (χ0v) is 21.1. The van der Waals surface area contributed by atoms with Crippen LogP contribution in [0.2, 0.25) is 0 Å². The molecule has 2 nitrogen and oxygen atoms in total. The molecule has 0 saturated heterocycles. The average molecular weight is 479 g/mol. The van der Waals surface area contributed by atoms with E-state index in [2.05, 4.69) is 34.1 Å². The molecule has 0 fully saturated rings. The number of unbranched alkanes of at least 4 members (excludes halogenated alkanes) is 6.